The summed E-state index contributed by atoms with van der Waals surface area (Å²) in [6.07, 6.45) is 0. The van der Waals surface area contributed by atoms with Crippen LogP contribution in [0.2, 0.25) is 0 Å². The van der Waals surface area contributed by atoms with Crippen LogP contribution in [-0.2, 0) is 9.59 Å². The van der Waals surface area contributed by atoms with Crippen molar-refractivity contribution in [3.8, 4) is 5.75 Å². The van der Waals surface area contributed by atoms with Gasteiger partial charge in [0.05, 0.1) is 0 Å². The van der Waals surface area contributed by atoms with E-state index in [9.17, 15) is 9.59 Å². The summed E-state index contributed by atoms with van der Waals surface area (Å²) in [6.45, 7) is 5.21. The van der Waals surface area contributed by atoms with Gasteiger partial charge in [-0.15, -0.1) is 0 Å². The summed E-state index contributed by atoms with van der Waals surface area (Å²) in [6, 6.07) is 10.8. The van der Waals surface area contributed by atoms with Crippen LogP contribution in [0.15, 0.2) is 40.9 Å². The molecule has 0 bridgehead atoms. The van der Waals surface area contributed by atoms with Crippen molar-refractivity contribution in [3.63, 3.8) is 0 Å². The molecule has 126 valence electrons. The molecule has 2 amide bonds. The monoisotopic (exact) mass is 390 g/mol. The number of halogens is 1. The van der Waals surface area contributed by atoms with Crippen molar-refractivity contribution >= 4 is 39.1 Å². The Morgan fingerprint density at radius 3 is 2.21 bits per heavy atom. The van der Waals surface area contributed by atoms with Crippen LogP contribution in [0.4, 0.5) is 11.4 Å². The molecule has 2 aromatic carbocycles. The Bertz CT molecular complexity index is 752. The Kier molecular flexibility index (Phi) is 5.98. The maximum absolute atomic E-state index is 12.1. The van der Waals surface area contributed by atoms with Gasteiger partial charge in [-0.25, -0.2) is 0 Å². The summed E-state index contributed by atoms with van der Waals surface area (Å²) < 4.78 is 6.62. The van der Waals surface area contributed by atoms with Gasteiger partial charge in [0.25, 0.3) is 5.91 Å². The van der Waals surface area contributed by atoms with Gasteiger partial charge in [-0.2, -0.15) is 0 Å². The summed E-state index contributed by atoms with van der Waals surface area (Å²) >= 11 is 3.43. The van der Waals surface area contributed by atoms with E-state index in [4.69, 9.17) is 4.74 Å². The van der Waals surface area contributed by atoms with Crippen molar-refractivity contribution in [3.05, 3.63) is 52.0 Å². The van der Waals surface area contributed by atoms with Crippen LogP contribution in [0.5, 0.6) is 5.75 Å². The highest BCUT2D eigenvalue weighted by Crippen LogP contribution is 2.27. The lowest BCUT2D eigenvalue weighted by molar-refractivity contribution is -0.118. The van der Waals surface area contributed by atoms with Crippen LogP contribution in [0.1, 0.15) is 18.1 Å². The van der Waals surface area contributed by atoms with Gasteiger partial charge in [0, 0.05) is 22.8 Å². The van der Waals surface area contributed by atoms with Crippen molar-refractivity contribution in [2.75, 3.05) is 17.2 Å². The highest BCUT2D eigenvalue weighted by atomic mass is 79.9. The van der Waals surface area contributed by atoms with E-state index in [1.165, 1.54) is 6.92 Å². The van der Waals surface area contributed by atoms with Crippen molar-refractivity contribution < 1.29 is 14.3 Å². The van der Waals surface area contributed by atoms with Gasteiger partial charge in [-0.3, -0.25) is 9.59 Å². The molecule has 0 aliphatic heterocycles. The highest BCUT2D eigenvalue weighted by molar-refractivity contribution is 9.10. The summed E-state index contributed by atoms with van der Waals surface area (Å²) in [4.78, 5) is 23.1. The van der Waals surface area contributed by atoms with Gasteiger partial charge in [0.2, 0.25) is 5.91 Å². The number of amides is 2. The molecular weight excluding hydrogens is 372 g/mol. The van der Waals surface area contributed by atoms with Crippen LogP contribution in [0, 0.1) is 13.8 Å². The first-order valence-electron chi connectivity index (χ1n) is 7.42. The standard InChI is InChI=1S/C18H19BrN2O3/c1-11-7-14(19)8-12(2)18(11)24-10-17(23)21-16-6-4-5-15(9-16)20-13(3)22/h4-9H,10H2,1-3H3,(H,20,22)(H,21,23). The first kappa shape index (κ1) is 18.0. The van der Waals surface area contributed by atoms with E-state index in [0.29, 0.717) is 17.1 Å². The molecule has 0 aliphatic rings. The Morgan fingerprint density at radius 2 is 1.62 bits per heavy atom. The van der Waals surface area contributed by atoms with Crippen molar-refractivity contribution in [2.45, 2.75) is 20.8 Å². The molecule has 0 spiro atoms. The van der Waals surface area contributed by atoms with Crippen molar-refractivity contribution in [2.24, 2.45) is 0 Å². The molecule has 0 heterocycles. The topological polar surface area (TPSA) is 67.4 Å². The molecule has 5 nitrogen and oxygen atoms in total. The maximum atomic E-state index is 12.1. The lowest BCUT2D eigenvalue weighted by Crippen LogP contribution is -2.20. The normalized spacial score (nSPS) is 10.2. The fourth-order valence-electron chi connectivity index (χ4n) is 2.34. The molecular formula is C18H19BrN2O3. The van der Waals surface area contributed by atoms with E-state index in [0.717, 1.165) is 15.6 Å². The molecule has 2 N–H and O–H groups in total. The van der Waals surface area contributed by atoms with E-state index in [1.807, 2.05) is 26.0 Å². The molecule has 0 unspecified atom stereocenters. The van der Waals surface area contributed by atoms with Crippen molar-refractivity contribution in [1.29, 1.82) is 0 Å². The van der Waals surface area contributed by atoms with Gasteiger partial charge in [0.1, 0.15) is 5.75 Å². The number of aryl methyl sites for hydroxylation is 2. The molecule has 0 fully saturated rings. The third kappa shape index (κ3) is 5.09. The largest absolute Gasteiger partial charge is 0.483 e. The molecule has 24 heavy (non-hydrogen) atoms. The minimum Gasteiger partial charge on any atom is -0.483 e. The summed E-state index contributed by atoms with van der Waals surface area (Å²) in [5, 5.41) is 5.42. The van der Waals surface area contributed by atoms with Crippen LogP contribution in [0.25, 0.3) is 0 Å². The summed E-state index contributed by atoms with van der Waals surface area (Å²) in [5.74, 6) is 0.278. The zero-order valence-electron chi connectivity index (χ0n) is 13.8. The second-order valence-electron chi connectivity index (χ2n) is 5.47. The number of anilines is 2. The number of rotatable bonds is 5. The molecule has 2 rings (SSSR count). The predicted octanol–water partition coefficient (Wildman–Crippen LogP) is 4.04. The van der Waals surface area contributed by atoms with E-state index in [-0.39, 0.29) is 18.4 Å². The molecule has 2 aromatic rings. The number of carbonyl (C=O) groups is 2. The summed E-state index contributed by atoms with van der Waals surface area (Å²) in [7, 11) is 0. The van der Waals surface area contributed by atoms with E-state index in [2.05, 4.69) is 26.6 Å². The second-order valence-corrected chi connectivity index (χ2v) is 6.38. The van der Waals surface area contributed by atoms with Crippen LogP contribution in [0.3, 0.4) is 0 Å². The molecule has 0 atom stereocenters. The fraction of sp³-hybridized carbons (Fsp3) is 0.222. The van der Waals surface area contributed by atoms with E-state index < -0.39 is 0 Å². The number of ether oxygens (including phenoxy) is 1. The third-order valence-electron chi connectivity index (χ3n) is 3.24. The predicted molar refractivity (Wildman–Crippen MR) is 98.5 cm³/mol. The van der Waals surface area contributed by atoms with Gasteiger partial charge in [-0.05, 0) is 55.3 Å². The Morgan fingerprint density at radius 1 is 1.04 bits per heavy atom. The van der Waals surface area contributed by atoms with Crippen LogP contribution >= 0.6 is 15.9 Å². The highest BCUT2D eigenvalue weighted by Gasteiger charge is 2.09. The average molecular weight is 391 g/mol. The molecule has 0 aromatic heterocycles. The molecule has 0 radical (unpaired) electrons. The fourth-order valence-corrected chi connectivity index (χ4v) is 3.02. The average Bonchev–Trinajstić information content (AvgIpc) is 2.45. The summed E-state index contributed by atoms with van der Waals surface area (Å²) in [5.41, 5.74) is 3.14. The van der Waals surface area contributed by atoms with Gasteiger partial charge in [-0.1, -0.05) is 22.0 Å². The maximum Gasteiger partial charge on any atom is 0.262 e. The quantitative estimate of drug-likeness (QED) is 0.809. The Hall–Kier alpha value is -2.34. The number of carbonyl (C=O) groups excluding carboxylic acids is 2. The van der Waals surface area contributed by atoms with Crippen molar-refractivity contribution in [1.82, 2.24) is 0 Å². The van der Waals surface area contributed by atoms with Gasteiger partial charge in [0.15, 0.2) is 6.61 Å². The first-order chi connectivity index (χ1) is 11.3. The Balaban J connectivity index is 1.98. The second kappa shape index (κ2) is 7.97. The van der Waals surface area contributed by atoms with E-state index in [1.54, 1.807) is 24.3 Å². The zero-order chi connectivity index (χ0) is 17.7. The Labute approximate surface area is 149 Å². The lowest BCUT2D eigenvalue weighted by Gasteiger charge is -2.13. The number of benzene rings is 2. The number of hydrogen-bond acceptors (Lipinski definition) is 3. The minimum atomic E-state index is -0.267. The molecule has 0 saturated carbocycles. The van der Waals surface area contributed by atoms with Crippen LogP contribution < -0.4 is 15.4 Å². The number of nitrogens with one attached hydrogen (secondary N) is 2. The lowest BCUT2D eigenvalue weighted by atomic mass is 10.1. The zero-order valence-corrected chi connectivity index (χ0v) is 15.4. The molecule has 6 heteroatoms. The minimum absolute atomic E-state index is 0.0896. The number of hydrogen-bond donors (Lipinski definition) is 2. The molecule has 0 saturated heterocycles. The smallest absolute Gasteiger partial charge is 0.262 e. The van der Waals surface area contributed by atoms with Gasteiger partial charge < -0.3 is 15.4 Å². The van der Waals surface area contributed by atoms with Crippen LogP contribution in [-0.4, -0.2) is 18.4 Å². The molecule has 0 aliphatic carbocycles. The van der Waals surface area contributed by atoms with Gasteiger partial charge >= 0.3 is 0 Å². The SMILES string of the molecule is CC(=O)Nc1cccc(NC(=O)COc2c(C)cc(Br)cc2C)c1. The van der Waals surface area contributed by atoms with E-state index >= 15 is 0 Å². The third-order valence-corrected chi connectivity index (χ3v) is 3.70. The first-order valence-corrected chi connectivity index (χ1v) is 8.21.